The lowest BCUT2D eigenvalue weighted by atomic mass is 9.92. The number of urea groups is 1. The summed E-state index contributed by atoms with van der Waals surface area (Å²) in [6.45, 7) is 7.13. The first kappa shape index (κ1) is 19.4. The van der Waals surface area contributed by atoms with Crippen LogP contribution in [0.25, 0.3) is 0 Å². The van der Waals surface area contributed by atoms with E-state index in [1.54, 1.807) is 6.33 Å². The lowest BCUT2D eigenvalue weighted by molar-refractivity contribution is 0.0882. The zero-order valence-electron chi connectivity index (χ0n) is 16.7. The maximum Gasteiger partial charge on any atom is 0.317 e. The number of piperidine rings is 1. The average Bonchev–Trinajstić information content (AvgIpc) is 3.08. The van der Waals surface area contributed by atoms with Gasteiger partial charge >= 0.3 is 6.03 Å². The number of aryl methyl sites for hydroxylation is 1. The van der Waals surface area contributed by atoms with Gasteiger partial charge in [-0.05, 0) is 24.8 Å². The van der Waals surface area contributed by atoms with Crippen LogP contribution in [0.3, 0.4) is 0 Å². The molecule has 7 heteroatoms. The second kappa shape index (κ2) is 8.52. The number of nitrogens with one attached hydrogen (secondary N) is 1. The van der Waals surface area contributed by atoms with Crippen molar-refractivity contribution in [3.05, 3.63) is 48.0 Å². The minimum absolute atomic E-state index is 0.0566. The molecule has 1 aliphatic rings. The molecule has 0 spiro atoms. The summed E-state index contributed by atoms with van der Waals surface area (Å²) in [6.07, 6.45) is 2.63. The first-order valence-corrected chi connectivity index (χ1v) is 9.59. The van der Waals surface area contributed by atoms with E-state index in [0.717, 1.165) is 31.9 Å². The van der Waals surface area contributed by atoms with E-state index in [2.05, 4.69) is 51.6 Å². The molecule has 1 saturated heterocycles. The Balaban J connectivity index is 1.53. The molecular weight excluding hydrogens is 340 g/mol. The minimum Gasteiger partial charge on any atom is -0.328 e. The van der Waals surface area contributed by atoms with Gasteiger partial charge in [0, 0.05) is 39.8 Å². The van der Waals surface area contributed by atoms with Crippen LogP contribution >= 0.6 is 0 Å². The summed E-state index contributed by atoms with van der Waals surface area (Å²) in [7, 11) is 3.78. The Morgan fingerprint density at radius 1 is 1.37 bits per heavy atom. The van der Waals surface area contributed by atoms with Gasteiger partial charge < -0.3 is 14.8 Å². The monoisotopic (exact) mass is 370 g/mol. The SMILES string of the molecule is C[C@H](NC(=O)N(C)[C@@H]1CCN(Cc2ccccc2)C[C@@H]1C)c1nncn1C. The van der Waals surface area contributed by atoms with Gasteiger partial charge in [-0.15, -0.1) is 10.2 Å². The van der Waals surface area contributed by atoms with Crippen LogP contribution in [0.2, 0.25) is 0 Å². The van der Waals surface area contributed by atoms with Crippen molar-refractivity contribution in [2.45, 2.75) is 38.9 Å². The van der Waals surface area contributed by atoms with Crippen molar-refractivity contribution in [3.63, 3.8) is 0 Å². The molecule has 0 saturated carbocycles. The third kappa shape index (κ3) is 4.66. The number of hydrogen-bond acceptors (Lipinski definition) is 4. The molecule has 2 amide bonds. The summed E-state index contributed by atoms with van der Waals surface area (Å²) in [6, 6.07) is 10.6. The van der Waals surface area contributed by atoms with Crippen molar-refractivity contribution in [1.29, 1.82) is 0 Å². The van der Waals surface area contributed by atoms with Crippen molar-refractivity contribution in [1.82, 2.24) is 29.9 Å². The van der Waals surface area contributed by atoms with Crippen molar-refractivity contribution in [3.8, 4) is 0 Å². The van der Waals surface area contributed by atoms with Crippen LogP contribution < -0.4 is 5.32 Å². The van der Waals surface area contributed by atoms with Crippen LogP contribution in [0.4, 0.5) is 4.79 Å². The molecule has 3 rings (SSSR count). The normalized spacial score (nSPS) is 21.6. The van der Waals surface area contributed by atoms with Gasteiger partial charge in [-0.1, -0.05) is 37.3 Å². The molecule has 3 atom stereocenters. The van der Waals surface area contributed by atoms with Crippen molar-refractivity contribution >= 4 is 6.03 Å². The predicted octanol–water partition coefficient (Wildman–Crippen LogP) is 2.43. The highest BCUT2D eigenvalue weighted by Crippen LogP contribution is 2.23. The second-order valence-corrected chi connectivity index (χ2v) is 7.64. The van der Waals surface area contributed by atoms with Gasteiger partial charge in [0.15, 0.2) is 5.82 Å². The summed E-state index contributed by atoms with van der Waals surface area (Å²) in [5.41, 5.74) is 1.34. The van der Waals surface area contributed by atoms with E-state index < -0.39 is 0 Å². The fourth-order valence-corrected chi connectivity index (χ4v) is 3.97. The van der Waals surface area contributed by atoms with Gasteiger partial charge in [0.05, 0.1) is 6.04 Å². The molecule has 0 unspecified atom stereocenters. The zero-order chi connectivity index (χ0) is 19.4. The van der Waals surface area contributed by atoms with E-state index in [4.69, 9.17) is 0 Å². The number of aromatic nitrogens is 3. The van der Waals surface area contributed by atoms with E-state index >= 15 is 0 Å². The van der Waals surface area contributed by atoms with E-state index in [0.29, 0.717) is 5.92 Å². The van der Waals surface area contributed by atoms with E-state index in [1.807, 2.05) is 36.6 Å². The first-order chi connectivity index (χ1) is 13.0. The molecule has 1 fully saturated rings. The summed E-state index contributed by atoms with van der Waals surface area (Å²) < 4.78 is 1.83. The number of nitrogens with zero attached hydrogens (tertiary/aromatic N) is 5. The average molecular weight is 371 g/mol. The molecule has 2 aromatic rings. The molecule has 1 aromatic heterocycles. The number of benzene rings is 1. The molecule has 0 aliphatic carbocycles. The van der Waals surface area contributed by atoms with Gasteiger partial charge in [-0.25, -0.2) is 4.79 Å². The Hall–Kier alpha value is -2.41. The number of likely N-dealkylation sites (tertiary alicyclic amines) is 1. The largest absolute Gasteiger partial charge is 0.328 e. The van der Waals surface area contributed by atoms with Crippen molar-refractivity contribution in [2.75, 3.05) is 20.1 Å². The Bertz CT molecular complexity index is 746. The molecule has 146 valence electrons. The standard InChI is InChI=1S/C20H30N6O/c1-15-12-26(13-17-8-6-5-7-9-17)11-10-18(15)25(4)20(27)22-16(2)19-23-21-14-24(19)3/h5-9,14-16,18H,10-13H2,1-4H3,(H,22,27)/t15-,16-,18+/m0/s1. The first-order valence-electron chi connectivity index (χ1n) is 9.59. The molecule has 7 nitrogen and oxygen atoms in total. The van der Waals surface area contributed by atoms with Gasteiger partial charge in [-0.2, -0.15) is 0 Å². The fraction of sp³-hybridized carbons (Fsp3) is 0.550. The van der Waals surface area contributed by atoms with Gasteiger partial charge in [0.1, 0.15) is 6.33 Å². The summed E-state index contributed by atoms with van der Waals surface area (Å²) >= 11 is 0. The Morgan fingerprint density at radius 2 is 2.11 bits per heavy atom. The molecule has 1 aromatic carbocycles. The predicted molar refractivity (Wildman–Crippen MR) is 105 cm³/mol. The maximum absolute atomic E-state index is 12.7. The van der Waals surface area contributed by atoms with Crippen LogP contribution in [0.15, 0.2) is 36.7 Å². The number of rotatable bonds is 5. The molecular formula is C20H30N6O. The molecule has 0 bridgehead atoms. The number of amides is 2. The quantitative estimate of drug-likeness (QED) is 0.878. The maximum atomic E-state index is 12.7. The van der Waals surface area contributed by atoms with Gasteiger partial charge in [0.25, 0.3) is 0 Å². The van der Waals surface area contributed by atoms with E-state index in [9.17, 15) is 4.79 Å². The van der Waals surface area contributed by atoms with Crippen molar-refractivity contribution in [2.24, 2.45) is 13.0 Å². The smallest absolute Gasteiger partial charge is 0.317 e. The van der Waals surface area contributed by atoms with E-state index in [1.165, 1.54) is 5.56 Å². The summed E-state index contributed by atoms with van der Waals surface area (Å²) in [5.74, 6) is 1.17. The minimum atomic E-state index is -0.180. The molecule has 1 aliphatic heterocycles. The van der Waals surface area contributed by atoms with E-state index in [-0.39, 0.29) is 18.1 Å². The third-order valence-corrected chi connectivity index (χ3v) is 5.48. The Labute approximate surface area is 161 Å². The lowest BCUT2D eigenvalue weighted by Gasteiger charge is -2.41. The zero-order valence-corrected chi connectivity index (χ0v) is 16.7. The Morgan fingerprint density at radius 3 is 2.74 bits per heavy atom. The summed E-state index contributed by atoms with van der Waals surface area (Å²) in [4.78, 5) is 17.1. The second-order valence-electron chi connectivity index (χ2n) is 7.64. The van der Waals surface area contributed by atoms with Crippen LogP contribution in [-0.2, 0) is 13.6 Å². The topological polar surface area (TPSA) is 66.3 Å². The Kier molecular flexibility index (Phi) is 6.11. The molecule has 0 radical (unpaired) electrons. The van der Waals surface area contributed by atoms with Crippen LogP contribution in [0.1, 0.15) is 37.7 Å². The van der Waals surface area contributed by atoms with Crippen molar-refractivity contribution < 1.29 is 4.79 Å². The highest BCUT2D eigenvalue weighted by atomic mass is 16.2. The molecule has 27 heavy (non-hydrogen) atoms. The van der Waals surface area contributed by atoms with Crippen LogP contribution in [0, 0.1) is 5.92 Å². The van der Waals surface area contributed by atoms with Crippen LogP contribution in [0.5, 0.6) is 0 Å². The highest BCUT2D eigenvalue weighted by molar-refractivity contribution is 5.74. The third-order valence-electron chi connectivity index (χ3n) is 5.48. The van der Waals surface area contributed by atoms with Crippen LogP contribution in [-0.4, -0.2) is 56.8 Å². The number of carbonyl (C=O) groups is 1. The molecule has 1 N–H and O–H groups in total. The number of carbonyl (C=O) groups excluding carboxylic acids is 1. The molecule has 2 heterocycles. The summed E-state index contributed by atoms with van der Waals surface area (Å²) in [5, 5.41) is 11.0. The highest BCUT2D eigenvalue weighted by Gasteiger charge is 2.31. The lowest BCUT2D eigenvalue weighted by Crippen LogP contribution is -2.53. The fourth-order valence-electron chi connectivity index (χ4n) is 3.97. The van der Waals surface area contributed by atoms with Gasteiger partial charge in [-0.3, -0.25) is 4.90 Å². The number of hydrogen-bond donors (Lipinski definition) is 1. The van der Waals surface area contributed by atoms with Gasteiger partial charge in [0.2, 0.25) is 0 Å².